The zero-order valence-electron chi connectivity index (χ0n) is 11.5. The highest BCUT2D eigenvalue weighted by Crippen LogP contribution is 2.12. The number of hydrogen-bond donors (Lipinski definition) is 1. The summed E-state index contributed by atoms with van der Waals surface area (Å²) in [6.45, 7) is 4.84. The van der Waals surface area contributed by atoms with Crippen molar-refractivity contribution in [3.63, 3.8) is 0 Å². The second-order valence-corrected chi connectivity index (χ2v) is 4.88. The molecule has 0 amide bonds. The van der Waals surface area contributed by atoms with Crippen molar-refractivity contribution < 1.29 is 9.90 Å². The fourth-order valence-electron chi connectivity index (χ4n) is 2.06. The van der Waals surface area contributed by atoms with Crippen LogP contribution in [0.25, 0.3) is 0 Å². The largest absolute Gasteiger partial charge is 0.481 e. The highest BCUT2D eigenvalue weighted by Gasteiger charge is 2.14. The van der Waals surface area contributed by atoms with Crippen LogP contribution in [0.5, 0.6) is 0 Å². The minimum absolute atomic E-state index is 0.209. The van der Waals surface area contributed by atoms with Gasteiger partial charge in [0.2, 0.25) is 0 Å². The van der Waals surface area contributed by atoms with E-state index in [1.54, 1.807) is 0 Å². The van der Waals surface area contributed by atoms with Crippen molar-refractivity contribution >= 4 is 5.97 Å². The fraction of sp³-hybridized carbons (Fsp3) is 0.533. The summed E-state index contributed by atoms with van der Waals surface area (Å²) < 4.78 is 0. The van der Waals surface area contributed by atoms with E-state index in [1.807, 2.05) is 7.05 Å². The van der Waals surface area contributed by atoms with Gasteiger partial charge < -0.3 is 10.0 Å². The van der Waals surface area contributed by atoms with Gasteiger partial charge in [0.15, 0.2) is 0 Å². The molecule has 1 rings (SSSR count). The summed E-state index contributed by atoms with van der Waals surface area (Å²) in [6.07, 6.45) is 2.22. The van der Waals surface area contributed by atoms with Crippen molar-refractivity contribution in [2.24, 2.45) is 0 Å². The number of carbonyl (C=O) groups is 1. The minimum atomic E-state index is -0.730. The van der Waals surface area contributed by atoms with Gasteiger partial charge in [-0.1, -0.05) is 36.8 Å². The van der Waals surface area contributed by atoms with Gasteiger partial charge in [-0.25, -0.2) is 0 Å². The normalized spacial score (nSPS) is 12.7. The molecule has 0 spiro atoms. The first kappa shape index (κ1) is 14.7. The van der Waals surface area contributed by atoms with E-state index in [0.29, 0.717) is 12.6 Å². The third kappa shape index (κ3) is 4.88. The Morgan fingerprint density at radius 2 is 1.94 bits per heavy atom. The average molecular weight is 249 g/mol. The van der Waals surface area contributed by atoms with Gasteiger partial charge in [-0.3, -0.25) is 4.79 Å². The summed E-state index contributed by atoms with van der Waals surface area (Å²) in [5, 5.41) is 8.71. The van der Waals surface area contributed by atoms with E-state index in [9.17, 15) is 4.79 Å². The topological polar surface area (TPSA) is 40.5 Å². The van der Waals surface area contributed by atoms with Gasteiger partial charge in [0.1, 0.15) is 0 Å². The molecule has 0 aromatic heterocycles. The van der Waals surface area contributed by atoms with Crippen LogP contribution in [-0.4, -0.2) is 35.6 Å². The maximum absolute atomic E-state index is 10.6. The molecule has 1 aromatic carbocycles. The summed E-state index contributed by atoms with van der Waals surface area (Å²) in [6, 6.07) is 8.97. The Kier molecular flexibility index (Phi) is 5.86. The lowest BCUT2D eigenvalue weighted by Crippen LogP contribution is -2.34. The molecule has 0 bridgehead atoms. The van der Waals surface area contributed by atoms with Gasteiger partial charge in [0, 0.05) is 12.6 Å². The van der Waals surface area contributed by atoms with Gasteiger partial charge in [0.05, 0.1) is 6.42 Å². The molecule has 0 saturated carbocycles. The number of likely N-dealkylation sites (N-methyl/N-ethyl adjacent to an activating group) is 1. The van der Waals surface area contributed by atoms with Gasteiger partial charge in [0.25, 0.3) is 0 Å². The molecule has 0 heterocycles. The second kappa shape index (κ2) is 7.17. The predicted octanol–water partition coefficient (Wildman–Crippen LogP) is 2.72. The minimum Gasteiger partial charge on any atom is -0.481 e. The van der Waals surface area contributed by atoms with Crippen molar-refractivity contribution in [1.29, 1.82) is 0 Å². The van der Waals surface area contributed by atoms with Crippen molar-refractivity contribution in [3.05, 3.63) is 35.4 Å². The molecular weight excluding hydrogens is 226 g/mol. The third-order valence-electron chi connectivity index (χ3n) is 3.36. The summed E-state index contributed by atoms with van der Waals surface area (Å²) >= 11 is 0. The van der Waals surface area contributed by atoms with Gasteiger partial charge >= 0.3 is 5.97 Å². The number of carboxylic acid groups (broad SMARTS) is 1. The Bertz CT molecular complexity index is 373. The molecule has 3 heteroatoms. The van der Waals surface area contributed by atoms with Gasteiger partial charge in [-0.15, -0.1) is 0 Å². The van der Waals surface area contributed by atoms with E-state index in [1.165, 1.54) is 11.1 Å². The highest BCUT2D eigenvalue weighted by molar-refractivity contribution is 5.66. The van der Waals surface area contributed by atoms with Crippen LogP contribution < -0.4 is 0 Å². The molecule has 18 heavy (non-hydrogen) atoms. The van der Waals surface area contributed by atoms with Crippen LogP contribution in [0.4, 0.5) is 0 Å². The van der Waals surface area contributed by atoms with Crippen LogP contribution in [0, 0.1) is 6.92 Å². The van der Waals surface area contributed by atoms with Crippen molar-refractivity contribution in [2.45, 2.75) is 39.2 Å². The Balaban J connectivity index is 2.55. The smallest absolute Gasteiger partial charge is 0.304 e. The first-order chi connectivity index (χ1) is 8.52. The summed E-state index contributed by atoms with van der Waals surface area (Å²) in [5.41, 5.74) is 2.58. The van der Waals surface area contributed by atoms with Gasteiger partial charge in [-0.2, -0.15) is 0 Å². The fourth-order valence-corrected chi connectivity index (χ4v) is 2.06. The number of aryl methyl sites for hydroxylation is 1. The number of benzene rings is 1. The lowest BCUT2D eigenvalue weighted by molar-refractivity contribution is -0.137. The molecule has 100 valence electrons. The van der Waals surface area contributed by atoms with E-state index in [4.69, 9.17) is 5.11 Å². The summed E-state index contributed by atoms with van der Waals surface area (Å²) in [7, 11) is 2.01. The van der Waals surface area contributed by atoms with E-state index < -0.39 is 5.97 Å². The molecule has 0 unspecified atom stereocenters. The van der Waals surface area contributed by atoms with Crippen LogP contribution in [0.3, 0.4) is 0 Å². The molecule has 0 aliphatic carbocycles. The molecule has 0 radical (unpaired) electrons. The van der Waals surface area contributed by atoms with Crippen molar-refractivity contribution in [2.75, 3.05) is 13.6 Å². The lowest BCUT2D eigenvalue weighted by atomic mass is 10.0. The van der Waals surface area contributed by atoms with Crippen molar-refractivity contribution in [1.82, 2.24) is 4.90 Å². The maximum atomic E-state index is 10.6. The van der Waals surface area contributed by atoms with E-state index in [-0.39, 0.29) is 6.42 Å². The Hall–Kier alpha value is -1.35. The standard InChI is InChI=1S/C15H23NO2/c1-4-14(16(3)10-9-15(17)18)11-13-7-5-12(2)6-8-13/h5-8,14H,4,9-11H2,1-3H3,(H,17,18)/t14-/m0/s1. The zero-order chi connectivity index (χ0) is 13.5. The van der Waals surface area contributed by atoms with E-state index in [2.05, 4.69) is 43.0 Å². The Morgan fingerprint density at radius 1 is 1.33 bits per heavy atom. The quantitative estimate of drug-likeness (QED) is 0.807. The average Bonchev–Trinajstić information content (AvgIpc) is 2.35. The SMILES string of the molecule is CC[C@@H](Cc1ccc(C)cc1)N(C)CCC(=O)O. The molecule has 1 atom stereocenters. The molecular formula is C15H23NO2. The molecule has 0 fully saturated rings. The number of hydrogen-bond acceptors (Lipinski definition) is 2. The van der Waals surface area contributed by atoms with Crippen LogP contribution in [0.15, 0.2) is 24.3 Å². The Morgan fingerprint density at radius 3 is 2.44 bits per heavy atom. The maximum Gasteiger partial charge on any atom is 0.304 e. The molecule has 0 aliphatic rings. The van der Waals surface area contributed by atoms with Gasteiger partial charge in [-0.05, 0) is 32.4 Å². The monoisotopic (exact) mass is 249 g/mol. The number of nitrogens with zero attached hydrogens (tertiary/aromatic N) is 1. The first-order valence-corrected chi connectivity index (χ1v) is 6.50. The molecule has 3 nitrogen and oxygen atoms in total. The number of rotatable bonds is 7. The molecule has 0 saturated heterocycles. The number of aliphatic carboxylic acids is 1. The third-order valence-corrected chi connectivity index (χ3v) is 3.36. The highest BCUT2D eigenvalue weighted by atomic mass is 16.4. The second-order valence-electron chi connectivity index (χ2n) is 4.88. The summed E-state index contributed by atoms with van der Waals surface area (Å²) in [5.74, 6) is -0.730. The predicted molar refractivity (Wildman–Crippen MR) is 73.8 cm³/mol. The van der Waals surface area contributed by atoms with Crippen LogP contribution in [0.1, 0.15) is 30.9 Å². The first-order valence-electron chi connectivity index (χ1n) is 6.50. The van der Waals surface area contributed by atoms with Crippen molar-refractivity contribution in [3.8, 4) is 0 Å². The van der Waals surface area contributed by atoms with Crippen LogP contribution in [-0.2, 0) is 11.2 Å². The van der Waals surface area contributed by atoms with Crippen LogP contribution in [0.2, 0.25) is 0 Å². The lowest BCUT2D eigenvalue weighted by Gasteiger charge is -2.26. The zero-order valence-corrected chi connectivity index (χ0v) is 11.5. The summed E-state index contributed by atoms with van der Waals surface area (Å²) in [4.78, 5) is 12.7. The van der Waals surface area contributed by atoms with Crippen LogP contribution >= 0.6 is 0 Å². The molecule has 1 aromatic rings. The Labute approximate surface area is 109 Å². The molecule has 0 aliphatic heterocycles. The van der Waals surface area contributed by atoms with E-state index >= 15 is 0 Å². The molecule has 1 N–H and O–H groups in total. The van der Waals surface area contributed by atoms with E-state index in [0.717, 1.165) is 12.8 Å². The number of carboxylic acids is 1.